The van der Waals surface area contributed by atoms with Gasteiger partial charge in [-0.3, -0.25) is 4.79 Å². The number of carbonyl (C=O) groups excluding carboxylic acids is 2. The summed E-state index contributed by atoms with van der Waals surface area (Å²) in [7, 11) is 0. The van der Waals surface area contributed by atoms with Crippen molar-refractivity contribution in [2.45, 2.75) is 57.8 Å². The molecule has 192 valence electrons. The fourth-order valence-corrected chi connectivity index (χ4v) is 3.85. The first kappa shape index (κ1) is 26.8. The highest BCUT2D eigenvalue weighted by molar-refractivity contribution is 6.20. The number of hydrogen-bond donors (Lipinski definition) is 5. The monoisotopic (exact) mass is 495 g/mol. The van der Waals surface area contributed by atoms with E-state index in [0.29, 0.717) is 18.5 Å². The topological polar surface area (TPSA) is 159 Å². The average Bonchev–Trinajstić information content (AvgIpc) is 3.33. The minimum atomic E-state index is -2.14. The van der Waals surface area contributed by atoms with Gasteiger partial charge in [-0.2, -0.15) is 0 Å². The third-order valence-electron chi connectivity index (χ3n) is 5.62. The highest BCUT2D eigenvalue weighted by Gasteiger charge is 2.42. The number of aromatic amines is 1. The van der Waals surface area contributed by atoms with E-state index < -0.39 is 29.0 Å². The number of ketones is 1. The molecule has 0 fully saturated rings. The number of aromatic nitrogens is 2. The second-order valence-electron chi connectivity index (χ2n) is 9.60. The van der Waals surface area contributed by atoms with E-state index in [0.717, 1.165) is 16.8 Å². The van der Waals surface area contributed by atoms with Crippen molar-refractivity contribution in [3.63, 3.8) is 0 Å². The Kier molecular flexibility index (Phi) is 8.44. The van der Waals surface area contributed by atoms with Crippen molar-refractivity contribution in [2.75, 3.05) is 6.54 Å². The molecule has 2 aromatic carbocycles. The Morgan fingerprint density at radius 1 is 1.08 bits per heavy atom. The third kappa shape index (κ3) is 6.67. The van der Waals surface area contributed by atoms with Gasteiger partial charge in [-0.05, 0) is 49.9 Å². The number of Topliss-reactive ketones (excluding diaryl/α,β-unsaturated/α-hetero) is 1. The first-order valence-corrected chi connectivity index (χ1v) is 11.7. The van der Waals surface area contributed by atoms with Gasteiger partial charge < -0.3 is 31.2 Å². The molecule has 6 N–H and O–H groups in total. The van der Waals surface area contributed by atoms with Crippen molar-refractivity contribution in [2.24, 2.45) is 5.73 Å². The maximum Gasteiger partial charge on any atom is 0.407 e. The van der Waals surface area contributed by atoms with E-state index in [1.165, 1.54) is 0 Å². The third-order valence-corrected chi connectivity index (χ3v) is 5.62. The predicted molar refractivity (Wildman–Crippen MR) is 135 cm³/mol. The van der Waals surface area contributed by atoms with E-state index in [1.807, 2.05) is 12.1 Å². The molecule has 0 saturated heterocycles. The van der Waals surface area contributed by atoms with Crippen LogP contribution in [0.2, 0.25) is 0 Å². The summed E-state index contributed by atoms with van der Waals surface area (Å²) >= 11 is 0. The smallest absolute Gasteiger partial charge is 0.407 e. The van der Waals surface area contributed by atoms with Crippen molar-refractivity contribution in [1.29, 1.82) is 0 Å². The summed E-state index contributed by atoms with van der Waals surface area (Å²) in [5.74, 6) is -1.29. The lowest BCUT2D eigenvalue weighted by atomic mass is 9.83. The first-order chi connectivity index (χ1) is 17.0. The Morgan fingerprint density at radius 3 is 2.44 bits per heavy atom. The first-order valence-electron chi connectivity index (χ1n) is 11.7. The molecule has 36 heavy (non-hydrogen) atoms. The molecule has 0 aliphatic rings. The zero-order chi connectivity index (χ0) is 26.3. The van der Waals surface area contributed by atoms with Gasteiger partial charge in [-0.25, -0.2) is 14.6 Å². The molecule has 0 aliphatic heterocycles. The van der Waals surface area contributed by atoms with Gasteiger partial charge in [0.25, 0.3) is 0 Å². The number of carboxylic acids is 1. The predicted octanol–water partition coefficient (Wildman–Crippen LogP) is 3.12. The number of benzene rings is 2. The number of ether oxygens (including phenoxy) is 1. The number of H-pyrrole nitrogens is 1. The SMILES string of the molecule is CC(C)(C)OC(=O)NCCC[C@@](N)(C(=O)O)C(=O)c1ccc(CNCc2ncc[nH]2)c2ccccc12. The van der Waals surface area contributed by atoms with Gasteiger partial charge in [-0.15, -0.1) is 0 Å². The molecule has 10 nitrogen and oxygen atoms in total. The molecular formula is C26H33N5O5. The Balaban J connectivity index is 1.74. The van der Waals surface area contributed by atoms with Crippen LogP contribution in [0.1, 0.15) is 55.4 Å². The van der Waals surface area contributed by atoms with Gasteiger partial charge in [0.15, 0.2) is 11.3 Å². The van der Waals surface area contributed by atoms with Crippen molar-refractivity contribution >= 4 is 28.6 Å². The molecule has 3 rings (SSSR count). The van der Waals surface area contributed by atoms with Crippen LogP contribution in [-0.2, 0) is 22.6 Å². The van der Waals surface area contributed by atoms with Gasteiger partial charge in [0.05, 0.1) is 6.54 Å². The summed E-state index contributed by atoms with van der Waals surface area (Å²) < 4.78 is 5.17. The minimum absolute atomic E-state index is 0.120. The Hall–Kier alpha value is -3.76. The Morgan fingerprint density at radius 2 is 1.81 bits per heavy atom. The van der Waals surface area contributed by atoms with Crippen molar-refractivity contribution < 1.29 is 24.2 Å². The fraction of sp³-hybridized carbons (Fsp3) is 0.385. The van der Waals surface area contributed by atoms with Crippen LogP contribution in [0.25, 0.3) is 10.8 Å². The maximum absolute atomic E-state index is 13.5. The minimum Gasteiger partial charge on any atom is -0.480 e. The van der Waals surface area contributed by atoms with Gasteiger partial charge in [0, 0.05) is 31.0 Å². The van der Waals surface area contributed by atoms with Gasteiger partial charge >= 0.3 is 12.1 Å². The van der Waals surface area contributed by atoms with Crippen molar-refractivity contribution in [3.05, 3.63) is 65.7 Å². The van der Waals surface area contributed by atoms with Crippen LogP contribution in [0.4, 0.5) is 4.79 Å². The van der Waals surface area contributed by atoms with Crippen molar-refractivity contribution in [1.82, 2.24) is 20.6 Å². The van der Waals surface area contributed by atoms with E-state index >= 15 is 0 Å². The fourth-order valence-electron chi connectivity index (χ4n) is 3.85. The number of fused-ring (bicyclic) bond motifs is 1. The maximum atomic E-state index is 13.5. The number of carbonyl (C=O) groups is 3. The number of rotatable bonds is 11. The summed E-state index contributed by atoms with van der Waals surface area (Å²) in [6.45, 7) is 6.42. The summed E-state index contributed by atoms with van der Waals surface area (Å²) in [4.78, 5) is 44.7. The quantitative estimate of drug-likeness (QED) is 0.154. The molecule has 1 heterocycles. The number of hydrogen-bond acceptors (Lipinski definition) is 7. The van der Waals surface area contributed by atoms with E-state index in [1.54, 1.807) is 57.4 Å². The lowest BCUT2D eigenvalue weighted by molar-refractivity contribution is -0.141. The van der Waals surface area contributed by atoms with E-state index in [4.69, 9.17) is 10.5 Å². The molecule has 1 amide bonds. The summed E-state index contributed by atoms with van der Waals surface area (Å²) in [6, 6.07) is 10.8. The summed E-state index contributed by atoms with van der Waals surface area (Å²) in [5.41, 5.74) is 4.58. The molecule has 10 heteroatoms. The highest BCUT2D eigenvalue weighted by Crippen LogP contribution is 2.27. The second-order valence-corrected chi connectivity index (χ2v) is 9.60. The van der Waals surface area contributed by atoms with Gasteiger partial charge in [0.1, 0.15) is 11.4 Å². The van der Waals surface area contributed by atoms with Crippen LogP contribution >= 0.6 is 0 Å². The standard InChI is InChI=1S/C26H33N5O5/c1-25(2,3)36-24(35)31-12-6-11-26(27,23(33)34)22(32)20-10-9-17(18-7-4-5-8-19(18)20)15-28-16-21-29-13-14-30-21/h4-5,7-10,13-14,28H,6,11-12,15-16,27H2,1-3H3,(H,29,30)(H,31,35)(H,33,34)/t26-/m0/s1. The van der Waals surface area contributed by atoms with Gasteiger partial charge in [0.2, 0.25) is 0 Å². The van der Waals surface area contributed by atoms with E-state index in [2.05, 4.69) is 20.6 Å². The number of nitrogens with zero attached hydrogens (tertiary/aromatic N) is 1. The number of carboxylic acid groups (broad SMARTS) is 1. The molecule has 0 spiro atoms. The highest BCUT2D eigenvalue weighted by atomic mass is 16.6. The van der Waals surface area contributed by atoms with Gasteiger partial charge in [-0.1, -0.05) is 36.4 Å². The lowest BCUT2D eigenvalue weighted by Crippen LogP contribution is -2.55. The number of nitrogens with two attached hydrogens (primary N) is 1. The Labute approximate surface area is 209 Å². The van der Waals surface area contributed by atoms with Crippen LogP contribution in [0, 0.1) is 0 Å². The van der Waals surface area contributed by atoms with Crippen LogP contribution in [0.5, 0.6) is 0 Å². The summed E-state index contributed by atoms with van der Waals surface area (Å²) in [5, 5.41) is 17.2. The normalized spacial score (nSPS) is 13.2. The Bertz CT molecular complexity index is 1220. The molecule has 0 aliphatic carbocycles. The largest absolute Gasteiger partial charge is 0.480 e. The summed E-state index contributed by atoms with van der Waals surface area (Å²) in [6.07, 6.45) is 2.84. The van der Waals surface area contributed by atoms with Crippen LogP contribution < -0.4 is 16.4 Å². The average molecular weight is 496 g/mol. The van der Waals surface area contributed by atoms with Crippen LogP contribution in [0.15, 0.2) is 48.8 Å². The van der Waals surface area contributed by atoms with Crippen molar-refractivity contribution in [3.8, 4) is 0 Å². The number of nitrogens with one attached hydrogen (secondary N) is 3. The molecule has 1 atom stereocenters. The zero-order valence-corrected chi connectivity index (χ0v) is 20.8. The molecular weight excluding hydrogens is 462 g/mol. The zero-order valence-electron chi connectivity index (χ0n) is 20.8. The second kappa shape index (κ2) is 11.3. The van der Waals surface area contributed by atoms with Crippen LogP contribution in [-0.4, -0.2) is 50.6 Å². The molecule has 0 radical (unpaired) electrons. The number of imidazole rings is 1. The van der Waals surface area contributed by atoms with E-state index in [9.17, 15) is 19.5 Å². The molecule has 1 aromatic heterocycles. The lowest BCUT2D eigenvalue weighted by Gasteiger charge is -2.25. The van der Waals surface area contributed by atoms with Crippen LogP contribution in [0.3, 0.4) is 0 Å². The molecule has 0 unspecified atom stereocenters. The number of amides is 1. The molecule has 3 aromatic rings. The molecule has 0 bridgehead atoms. The number of alkyl carbamates (subject to hydrolysis) is 1. The number of aliphatic carboxylic acids is 1. The van der Waals surface area contributed by atoms with E-state index in [-0.39, 0.29) is 24.9 Å². The molecule has 0 saturated carbocycles.